The summed E-state index contributed by atoms with van der Waals surface area (Å²) in [5, 5.41) is 0. The van der Waals surface area contributed by atoms with Gasteiger partial charge in [-0.15, -0.1) is 11.8 Å². The van der Waals surface area contributed by atoms with Crippen LogP contribution in [0.4, 0.5) is 0 Å². The van der Waals surface area contributed by atoms with Crippen LogP contribution in [0.3, 0.4) is 0 Å². The number of thioether (sulfide) groups is 1. The average molecular weight is 902 g/mol. The molecule has 1 atom stereocenters. The first-order valence-electron chi connectivity index (χ1n) is 14.6. The molecule has 11 heteroatoms. The van der Waals surface area contributed by atoms with Crippen molar-refractivity contribution in [3.8, 4) is 5.75 Å². The topological polar surface area (TPSA) is 69.9 Å². The normalized spacial score (nSPS) is 14.5. The highest BCUT2D eigenvalue weighted by Crippen LogP contribution is 2.36. The van der Waals surface area contributed by atoms with Crippen molar-refractivity contribution >= 4 is 95.3 Å². The molecule has 1 aliphatic heterocycles. The molecule has 238 valence electrons. The Kier molecular flexibility index (Phi) is 10.9. The van der Waals surface area contributed by atoms with Gasteiger partial charge in [0.25, 0.3) is 5.56 Å². The van der Waals surface area contributed by atoms with E-state index in [1.54, 1.807) is 23.3 Å². The third-order valence-electron chi connectivity index (χ3n) is 7.43. The van der Waals surface area contributed by atoms with Crippen LogP contribution in [-0.4, -0.2) is 23.4 Å². The zero-order valence-corrected chi connectivity index (χ0v) is 32.2. The molecule has 0 saturated heterocycles. The number of benzene rings is 4. The van der Waals surface area contributed by atoms with Gasteiger partial charge in [0, 0.05) is 25.0 Å². The van der Waals surface area contributed by atoms with Gasteiger partial charge >= 0.3 is 5.97 Å². The number of ether oxygens (including phenoxy) is 2. The lowest BCUT2D eigenvalue weighted by Crippen LogP contribution is -2.40. The summed E-state index contributed by atoms with van der Waals surface area (Å²) in [6, 6.07) is 28.6. The van der Waals surface area contributed by atoms with Crippen LogP contribution in [0.15, 0.2) is 120 Å². The van der Waals surface area contributed by atoms with E-state index in [1.165, 1.54) is 11.3 Å². The van der Waals surface area contributed by atoms with Crippen molar-refractivity contribution in [2.45, 2.75) is 24.5 Å². The van der Waals surface area contributed by atoms with Gasteiger partial charge in [0.05, 0.1) is 32.0 Å². The molecule has 0 fully saturated rings. The second kappa shape index (κ2) is 15.1. The number of carbonyl (C=O) groups excluding carboxylic acids is 1. The molecule has 0 bridgehead atoms. The Bertz CT molecular complexity index is 2160. The predicted octanol–water partition coefficient (Wildman–Crippen LogP) is 8.37. The van der Waals surface area contributed by atoms with Crippen molar-refractivity contribution in [2.24, 2.45) is 4.99 Å². The lowest BCUT2D eigenvalue weighted by molar-refractivity contribution is -0.138. The molecular formula is C36H27Br2IN2O4S2. The number of rotatable bonds is 9. The van der Waals surface area contributed by atoms with E-state index in [1.807, 2.05) is 103 Å². The fourth-order valence-corrected chi connectivity index (χ4v) is 8.63. The van der Waals surface area contributed by atoms with Crippen molar-refractivity contribution in [2.75, 3.05) is 12.9 Å². The van der Waals surface area contributed by atoms with Gasteiger partial charge in [0.2, 0.25) is 0 Å². The largest absolute Gasteiger partial charge is 0.487 e. The molecule has 0 saturated carbocycles. The van der Waals surface area contributed by atoms with Crippen molar-refractivity contribution in [3.05, 3.63) is 151 Å². The lowest BCUT2D eigenvalue weighted by Gasteiger charge is -2.26. The van der Waals surface area contributed by atoms with Crippen LogP contribution in [-0.2, 0) is 16.1 Å². The van der Waals surface area contributed by atoms with Gasteiger partial charge in [0.15, 0.2) is 4.80 Å². The molecule has 0 spiro atoms. The van der Waals surface area contributed by atoms with Gasteiger partial charge in [-0.25, -0.2) is 9.79 Å². The van der Waals surface area contributed by atoms with Crippen LogP contribution in [0.2, 0.25) is 0 Å². The number of fused-ring (bicyclic) bond motifs is 1. The lowest BCUT2D eigenvalue weighted by atomic mass is 9.93. The van der Waals surface area contributed by atoms with Gasteiger partial charge in [-0.3, -0.25) is 9.36 Å². The van der Waals surface area contributed by atoms with Crippen LogP contribution in [0.25, 0.3) is 11.8 Å². The Morgan fingerprint density at radius 1 is 1.02 bits per heavy atom. The molecule has 0 N–H and O–H groups in total. The van der Waals surface area contributed by atoms with Crippen molar-refractivity contribution in [3.63, 3.8) is 0 Å². The highest BCUT2D eigenvalue weighted by Gasteiger charge is 2.35. The van der Waals surface area contributed by atoms with Gasteiger partial charge in [-0.2, -0.15) is 0 Å². The van der Waals surface area contributed by atoms with Crippen molar-refractivity contribution < 1.29 is 14.3 Å². The summed E-state index contributed by atoms with van der Waals surface area (Å²) in [5.41, 5.74) is 3.89. The van der Waals surface area contributed by atoms with Crippen LogP contribution in [0.5, 0.6) is 5.75 Å². The maximum absolute atomic E-state index is 14.4. The summed E-state index contributed by atoms with van der Waals surface area (Å²) in [6.45, 7) is 2.33. The second-order valence-electron chi connectivity index (χ2n) is 10.4. The van der Waals surface area contributed by atoms with E-state index in [0.29, 0.717) is 33.0 Å². The number of thiazole rings is 1. The number of halogens is 3. The van der Waals surface area contributed by atoms with Crippen molar-refractivity contribution in [1.82, 2.24) is 4.57 Å². The summed E-state index contributed by atoms with van der Waals surface area (Å²) in [7, 11) is 0. The number of esters is 1. The molecule has 1 aromatic heterocycles. The highest BCUT2D eigenvalue weighted by molar-refractivity contribution is 14.1. The minimum Gasteiger partial charge on any atom is -0.487 e. The number of carbonyl (C=O) groups is 1. The first-order chi connectivity index (χ1) is 22.8. The van der Waals surface area contributed by atoms with Gasteiger partial charge in [-0.05, 0) is 89.4 Å². The maximum atomic E-state index is 14.4. The summed E-state index contributed by atoms with van der Waals surface area (Å²) in [5.74, 6) is 0.164. The van der Waals surface area contributed by atoms with E-state index in [2.05, 4.69) is 54.5 Å². The Morgan fingerprint density at radius 2 is 1.74 bits per heavy atom. The molecule has 47 heavy (non-hydrogen) atoms. The molecule has 0 unspecified atom stereocenters. The smallest absolute Gasteiger partial charge is 0.338 e. The van der Waals surface area contributed by atoms with Crippen molar-refractivity contribution in [1.29, 1.82) is 0 Å². The number of aromatic nitrogens is 1. The van der Waals surface area contributed by atoms with E-state index < -0.39 is 12.0 Å². The molecule has 2 heterocycles. The summed E-state index contributed by atoms with van der Waals surface area (Å²) < 4.78 is 16.8. The van der Waals surface area contributed by atoms with Gasteiger partial charge in [0.1, 0.15) is 12.4 Å². The molecule has 1 aliphatic rings. The van der Waals surface area contributed by atoms with Gasteiger partial charge < -0.3 is 9.47 Å². The molecule has 5 aromatic rings. The zero-order chi connectivity index (χ0) is 33.1. The number of hydrogen-bond acceptors (Lipinski definition) is 7. The monoisotopic (exact) mass is 900 g/mol. The highest BCUT2D eigenvalue weighted by atomic mass is 127. The zero-order valence-electron chi connectivity index (χ0n) is 25.2. The Hall–Kier alpha value is -2.97. The van der Waals surface area contributed by atoms with Crippen LogP contribution in [0, 0.1) is 3.57 Å². The molecule has 6 rings (SSSR count). The molecule has 6 nitrogen and oxygen atoms in total. The Balaban J connectivity index is 1.55. The SMILES string of the molecule is CCOC(=O)C1=C(c2ccccc2)N=c2s/c(=C\c3cc(Br)cc(I)c3OCc3ccc(Br)cc3)c(=O)n2[C@H]1c1ccc(SC)cc1. The van der Waals surface area contributed by atoms with Crippen LogP contribution >= 0.6 is 77.5 Å². The van der Waals surface area contributed by atoms with Gasteiger partial charge in [-0.1, -0.05) is 97.8 Å². The van der Waals surface area contributed by atoms with E-state index in [-0.39, 0.29) is 12.2 Å². The van der Waals surface area contributed by atoms with E-state index in [4.69, 9.17) is 14.5 Å². The van der Waals surface area contributed by atoms with E-state index in [0.717, 1.165) is 39.7 Å². The average Bonchev–Trinajstić information content (AvgIpc) is 3.38. The first-order valence-corrected chi connectivity index (χ1v) is 19.3. The van der Waals surface area contributed by atoms with Crippen LogP contribution in [0.1, 0.15) is 35.2 Å². The maximum Gasteiger partial charge on any atom is 0.338 e. The fourth-order valence-electron chi connectivity index (χ4n) is 5.26. The van der Waals surface area contributed by atoms with Crippen LogP contribution < -0.4 is 19.6 Å². The third-order valence-corrected chi connectivity index (χ3v) is 10.9. The minimum atomic E-state index is -0.741. The number of hydrogen-bond donors (Lipinski definition) is 0. The fraction of sp³-hybridized carbons (Fsp3) is 0.139. The van der Waals surface area contributed by atoms with E-state index in [9.17, 15) is 9.59 Å². The summed E-state index contributed by atoms with van der Waals surface area (Å²) in [4.78, 5) is 34.7. The second-order valence-corrected chi connectivity index (χ2v) is 15.3. The molecular weight excluding hydrogens is 875 g/mol. The molecule has 0 amide bonds. The molecule has 0 aliphatic carbocycles. The molecule has 4 aromatic carbocycles. The quantitative estimate of drug-likeness (QED) is 0.0846. The third kappa shape index (κ3) is 7.39. The Morgan fingerprint density at radius 3 is 2.43 bits per heavy atom. The minimum absolute atomic E-state index is 0.192. The Labute approximate surface area is 310 Å². The van der Waals surface area contributed by atoms with E-state index >= 15 is 0 Å². The predicted molar refractivity (Wildman–Crippen MR) is 205 cm³/mol. The summed E-state index contributed by atoms with van der Waals surface area (Å²) >= 11 is 12.3. The standard InChI is InChI=1S/C36H27Br2IN2O4S2/c1-3-44-35(43)30-31(22-7-5-4-6-8-22)40-36-41(32(30)23-11-15-27(46-2)16-12-23)34(42)29(47-36)18-24-17-26(38)19-28(39)33(24)45-20-21-9-13-25(37)14-10-21/h4-19,32H,3,20H2,1-2H3/b29-18-/t32-/m0/s1. The summed E-state index contributed by atoms with van der Waals surface area (Å²) in [6.07, 6.45) is 3.85. The molecule has 0 radical (unpaired) electrons. The first kappa shape index (κ1) is 33.9. The number of nitrogens with zero attached hydrogens (tertiary/aromatic N) is 2.